The molecule has 0 spiro atoms. The number of hydrogen-bond acceptors (Lipinski definition) is 2. The van der Waals surface area contributed by atoms with Crippen LogP contribution < -0.4 is 26.0 Å². The Bertz CT molecular complexity index is 905. The zero-order valence-electron chi connectivity index (χ0n) is 12.3. The summed E-state index contributed by atoms with van der Waals surface area (Å²) in [6, 6.07) is 23.4. The highest BCUT2D eigenvalue weighted by Crippen LogP contribution is 2.34. The second-order valence-electron chi connectivity index (χ2n) is 5.88. The molecular weight excluding hydrogens is 269 g/mol. The van der Waals surface area contributed by atoms with Crippen LogP contribution in [0.1, 0.15) is 0 Å². The van der Waals surface area contributed by atoms with Crippen molar-refractivity contribution in [2.24, 2.45) is 0 Å². The maximum absolute atomic E-state index is 6.16. The molecule has 0 amide bonds. The van der Waals surface area contributed by atoms with Crippen molar-refractivity contribution >= 4 is 34.5 Å². The summed E-state index contributed by atoms with van der Waals surface area (Å²) in [6.45, 7) is 0.253. The van der Waals surface area contributed by atoms with Crippen molar-refractivity contribution in [3.63, 3.8) is 0 Å². The summed E-state index contributed by atoms with van der Waals surface area (Å²) in [5.74, 6) is 1.94. The molecule has 0 saturated carbocycles. The normalized spacial score (nSPS) is 13.9. The number of fused-ring (bicyclic) bond motifs is 4. The Kier molecular flexibility index (Phi) is 2.26. The summed E-state index contributed by atoms with van der Waals surface area (Å²) in [5.41, 5.74) is 6.38. The summed E-state index contributed by atoms with van der Waals surface area (Å²) in [6.07, 6.45) is 0. The van der Waals surface area contributed by atoms with E-state index >= 15 is 0 Å². The van der Waals surface area contributed by atoms with E-state index in [1.165, 1.54) is 27.8 Å². The molecule has 3 heteroatoms. The van der Waals surface area contributed by atoms with Crippen LogP contribution >= 0.6 is 0 Å². The molecule has 0 aliphatic carbocycles. The molecule has 0 saturated heterocycles. The zero-order valence-corrected chi connectivity index (χ0v) is 12.3. The minimum Gasteiger partial charge on any atom is -0.458 e. The standard InChI is InChI=1S/C19H14BNO/c1-21-15-9-4-2-7-13(15)20-14-8-3-5-11-17(14)22-18-12-6-10-16(21)19(18)20/h2-12H,1H3. The van der Waals surface area contributed by atoms with Crippen molar-refractivity contribution in [2.45, 2.75) is 0 Å². The fourth-order valence-corrected chi connectivity index (χ4v) is 3.78. The first-order valence-electron chi connectivity index (χ1n) is 7.57. The number of hydrogen-bond donors (Lipinski definition) is 0. The third-order valence-electron chi connectivity index (χ3n) is 4.75. The lowest BCUT2D eigenvalue weighted by molar-refractivity contribution is 0.487. The number of rotatable bonds is 0. The summed E-state index contributed by atoms with van der Waals surface area (Å²) < 4.78 is 6.16. The number of nitrogens with zero attached hydrogens (tertiary/aromatic N) is 1. The van der Waals surface area contributed by atoms with Crippen molar-refractivity contribution < 1.29 is 4.74 Å². The van der Waals surface area contributed by atoms with E-state index in [4.69, 9.17) is 4.74 Å². The second kappa shape index (κ2) is 4.17. The molecule has 0 fully saturated rings. The molecular formula is C19H14BNO. The van der Waals surface area contributed by atoms with Gasteiger partial charge in [0.15, 0.2) is 0 Å². The third kappa shape index (κ3) is 1.41. The van der Waals surface area contributed by atoms with Crippen molar-refractivity contribution in [3.05, 3.63) is 66.7 Å². The Morgan fingerprint density at radius 2 is 1.41 bits per heavy atom. The number of benzene rings is 3. The number of ether oxygens (including phenoxy) is 1. The molecule has 2 heterocycles. The van der Waals surface area contributed by atoms with Gasteiger partial charge >= 0.3 is 0 Å². The molecule has 0 bridgehead atoms. The van der Waals surface area contributed by atoms with Crippen LogP contribution in [0.3, 0.4) is 0 Å². The monoisotopic (exact) mass is 283 g/mol. The lowest BCUT2D eigenvalue weighted by atomic mass is 9.34. The molecule has 3 aromatic carbocycles. The zero-order chi connectivity index (χ0) is 14.7. The van der Waals surface area contributed by atoms with Gasteiger partial charge in [0, 0.05) is 18.4 Å². The van der Waals surface area contributed by atoms with Crippen LogP contribution in [-0.4, -0.2) is 13.8 Å². The first kappa shape index (κ1) is 11.9. The minimum atomic E-state index is 0.253. The Morgan fingerprint density at radius 1 is 0.727 bits per heavy atom. The smallest absolute Gasteiger partial charge is 0.256 e. The van der Waals surface area contributed by atoms with Gasteiger partial charge in [0.25, 0.3) is 6.71 Å². The van der Waals surface area contributed by atoms with Crippen molar-refractivity contribution in [2.75, 3.05) is 11.9 Å². The summed E-state index contributed by atoms with van der Waals surface area (Å²) in [4.78, 5) is 2.27. The fourth-order valence-electron chi connectivity index (χ4n) is 3.78. The van der Waals surface area contributed by atoms with Gasteiger partial charge in [0.1, 0.15) is 11.5 Å². The van der Waals surface area contributed by atoms with Gasteiger partial charge in [-0.2, -0.15) is 0 Å². The molecule has 22 heavy (non-hydrogen) atoms. The molecule has 2 aliphatic rings. The lowest BCUT2D eigenvalue weighted by Crippen LogP contribution is -2.59. The minimum absolute atomic E-state index is 0.253. The molecule has 0 aromatic heterocycles. The molecule has 0 N–H and O–H groups in total. The average Bonchev–Trinajstić information content (AvgIpc) is 2.58. The van der Waals surface area contributed by atoms with Crippen LogP contribution in [0.5, 0.6) is 11.5 Å². The largest absolute Gasteiger partial charge is 0.458 e. The molecule has 104 valence electrons. The van der Waals surface area contributed by atoms with Gasteiger partial charge in [-0.3, -0.25) is 0 Å². The van der Waals surface area contributed by atoms with E-state index in [2.05, 4.69) is 72.6 Å². The Morgan fingerprint density at radius 3 is 2.32 bits per heavy atom. The predicted octanol–water partition coefficient (Wildman–Crippen LogP) is 2.39. The Labute approximate surface area is 130 Å². The van der Waals surface area contributed by atoms with Crippen molar-refractivity contribution in [1.29, 1.82) is 0 Å². The molecule has 0 atom stereocenters. The first-order valence-corrected chi connectivity index (χ1v) is 7.57. The predicted molar refractivity (Wildman–Crippen MR) is 92.1 cm³/mol. The molecule has 3 aromatic rings. The van der Waals surface area contributed by atoms with E-state index < -0.39 is 0 Å². The SMILES string of the molecule is CN1c2ccccc2B2c3ccccc3Oc3cccc1c32. The van der Waals surface area contributed by atoms with Crippen LogP contribution in [0, 0.1) is 0 Å². The van der Waals surface area contributed by atoms with Crippen molar-refractivity contribution in [3.8, 4) is 11.5 Å². The quantitative estimate of drug-likeness (QED) is 0.459. The third-order valence-corrected chi connectivity index (χ3v) is 4.75. The van der Waals surface area contributed by atoms with Gasteiger partial charge in [0.2, 0.25) is 0 Å². The van der Waals surface area contributed by atoms with E-state index in [1.807, 2.05) is 6.07 Å². The van der Waals surface area contributed by atoms with Crippen LogP contribution in [0.15, 0.2) is 66.7 Å². The summed E-state index contributed by atoms with van der Waals surface area (Å²) in [7, 11) is 2.13. The van der Waals surface area contributed by atoms with Gasteiger partial charge in [-0.05, 0) is 40.7 Å². The highest BCUT2D eigenvalue weighted by molar-refractivity contribution is 6.99. The Balaban J connectivity index is 1.90. The fraction of sp³-hybridized carbons (Fsp3) is 0.0526. The van der Waals surface area contributed by atoms with Gasteiger partial charge in [-0.1, -0.05) is 42.5 Å². The van der Waals surface area contributed by atoms with E-state index in [-0.39, 0.29) is 6.71 Å². The van der Waals surface area contributed by atoms with Gasteiger partial charge in [0.05, 0.1) is 0 Å². The highest BCUT2D eigenvalue weighted by Gasteiger charge is 2.39. The van der Waals surface area contributed by atoms with Gasteiger partial charge < -0.3 is 9.64 Å². The number of para-hydroxylation sites is 2. The first-order chi connectivity index (χ1) is 10.8. The van der Waals surface area contributed by atoms with Gasteiger partial charge in [-0.15, -0.1) is 0 Å². The highest BCUT2D eigenvalue weighted by atomic mass is 16.5. The molecule has 2 nitrogen and oxygen atoms in total. The number of anilines is 2. The van der Waals surface area contributed by atoms with Crippen LogP contribution in [0.25, 0.3) is 0 Å². The second-order valence-corrected chi connectivity index (χ2v) is 5.88. The van der Waals surface area contributed by atoms with Crippen LogP contribution in [0.4, 0.5) is 11.4 Å². The topological polar surface area (TPSA) is 12.5 Å². The van der Waals surface area contributed by atoms with E-state index in [1.54, 1.807) is 0 Å². The van der Waals surface area contributed by atoms with Gasteiger partial charge in [-0.25, -0.2) is 0 Å². The van der Waals surface area contributed by atoms with E-state index in [0.29, 0.717) is 0 Å². The molecule has 0 unspecified atom stereocenters. The summed E-state index contributed by atoms with van der Waals surface area (Å²) in [5, 5.41) is 0. The maximum Gasteiger partial charge on any atom is 0.256 e. The molecule has 2 aliphatic heterocycles. The maximum atomic E-state index is 6.16. The van der Waals surface area contributed by atoms with E-state index in [9.17, 15) is 0 Å². The van der Waals surface area contributed by atoms with Crippen molar-refractivity contribution in [1.82, 2.24) is 0 Å². The Hall–Kier alpha value is -2.68. The van der Waals surface area contributed by atoms with E-state index in [0.717, 1.165) is 11.5 Å². The average molecular weight is 283 g/mol. The lowest BCUT2D eigenvalue weighted by Gasteiger charge is -2.38. The van der Waals surface area contributed by atoms with Crippen LogP contribution in [0.2, 0.25) is 0 Å². The molecule has 5 rings (SSSR count). The molecule has 0 radical (unpaired) electrons. The van der Waals surface area contributed by atoms with Crippen LogP contribution in [-0.2, 0) is 0 Å². The summed E-state index contributed by atoms with van der Waals surface area (Å²) >= 11 is 0.